The molecule has 1 aliphatic rings. The highest BCUT2D eigenvalue weighted by molar-refractivity contribution is 7.13. The number of pyridine rings is 1. The van der Waals surface area contributed by atoms with Gasteiger partial charge in [-0.25, -0.2) is 4.98 Å². The molecule has 122 valence electrons. The first kappa shape index (κ1) is 16.1. The van der Waals surface area contributed by atoms with Crippen LogP contribution in [0.1, 0.15) is 45.2 Å². The van der Waals surface area contributed by atoms with Gasteiger partial charge in [0.05, 0.1) is 12.2 Å². The van der Waals surface area contributed by atoms with Gasteiger partial charge in [0.1, 0.15) is 9.88 Å². The highest BCUT2D eigenvalue weighted by atomic mass is 32.1. The van der Waals surface area contributed by atoms with Gasteiger partial charge in [-0.1, -0.05) is 12.5 Å². The minimum atomic E-state index is -0.0475. The molecule has 1 N–H and O–H groups in total. The van der Waals surface area contributed by atoms with Crippen molar-refractivity contribution in [2.45, 2.75) is 39.3 Å². The predicted octanol–water partition coefficient (Wildman–Crippen LogP) is 2.76. The van der Waals surface area contributed by atoms with E-state index in [4.69, 9.17) is 0 Å². The van der Waals surface area contributed by atoms with Crippen molar-refractivity contribution in [2.75, 3.05) is 13.1 Å². The number of nitrogens with one attached hydrogen (secondary N) is 1. The fourth-order valence-corrected chi connectivity index (χ4v) is 3.83. The number of rotatable bonds is 5. The SMILES string of the molecule is Cc1nc(CN2CCCCC2)sc1C(=O)NCc1cccnc1. The fraction of sp³-hybridized carbons (Fsp3) is 0.471. The Bertz CT molecular complexity index is 650. The molecule has 1 aliphatic heterocycles. The van der Waals surface area contributed by atoms with Gasteiger partial charge in [-0.05, 0) is 44.5 Å². The summed E-state index contributed by atoms with van der Waals surface area (Å²) in [6, 6.07) is 3.82. The van der Waals surface area contributed by atoms with Gasteiger partial charge >= 0.3 is 0 Å². The molecule has 1 amide bonds. The summed E-state index contributed by atoms with van der Waals surface area (Å²) in [5.74, 6) is -0.0475. The quantitative estimate of drug-likeness (QED) is 0.916. The number of aromatic nitrogens is 2. The van der Waals surface area contributed by atoms with Gasteiger partial charge in [0.2, 0.25) is 0 Å². The van der Waals surface area contributed by atoms with Crippen LogP contribution in [0.15, 0.2) is 24.5 Å². The van der Waals surface area contributed by atoms with E-state index >= 15 is 0 Å². The number of carbonyl (C=O) groups is 1. The Balaban J connectivity index is 1.59. The zero-order valence-corrected chi connectivity index (χ0v) is 14.2. The summed E-state index contributed by atoms with van der Waals surface area (Å²) >= 11 is 1.52. The van der Waals surface area contributed by atoms with Crippen LogP contribution in [-0.4, -0.2) is 33.9 Å². The Morgan fingerprint density at radius 3 is 2.91 bits per heavy atom. The number of amides is 1. The van der Waals surface area contributed by atoms with Crippen LogP contribution in [-0.2, 0) is 13.1 Å². The molecule has 2 aromatic heterocycles. The third-order valence-electron chi connectivity index (χ3n) is 4.03. The molecule has 3 heterocycles. The second-order valence-electron chi connectivity index (χ2n) is 5.90. The number of aryl methyl sites for hydroxylation is 1. The Morgan fingerprint density at radius 1 is 1.35 bits per heavy atom. The molecule has 0 spiro atoms. The van der Waals surface area contributed by atoms with E-state index in [-0.39, 0.29) is 5.91 Å². The van der Waals surface area contributed by atoms with Gasteiger partial charge in [0.25, 0.3) is 5.91 Å². The zero-order valence-electron chi connectivity index (χ0n) is 13.4. The van der Waals surface area contributed by atoms with Gasteiger partial charge in [0.15, 0.2) is 0 Å². The average Bonchev–Trinajstić information content (AvgIpc) is 2.95. The van der Waals surface area contributed by atoms with E-state index < -0.39 is 0 Å². The summed E-state index contributed by atoms with van der Waals surface area (Å²) in [7, 11) is 0. The predicted molar refractivity (Wildman–Crippen MR) is 91.4 cm³/mol. The lowest BCUT2D eigenvalue weighted by Crippen LogP contribution is -2.29. The Kier molecular flexibility index (Phi) is 5.35. The van der Waals surface area contributed by atoms with Crippen molar-refractivity contribution in [3.63, 3.8) is 0 Å². The number of hydrogen-bond acceptors (Lipinski definition) is 5. The van der Waals surface area contributed by atoms with Crippen molar-refractivity contribution in [1.29, 1.82) is 0 Å². The van der Waals surface area contributed by atoms with Gasteiger partial charge in [-0.3, -0.25) is 14.7 Å². The molecule has 3 rings (SSSR count). The molecular formula is C17H22N4OS. The van der Waals surface area contributed by atoms with E-state index in [1.807, 2.05) is 19.1 Å². The minimum Gasteiger partial charge on any atom is -0.347 e. The van der Waals surface area contributed by atoms with E-state index in [1.165, 1.54) is 30.6 Å². The van der Waals surface area contributed by atoms with Crippen LogP contribution in [0.25, 0.3) is 0 Å². The summed E-state index contributed by atoms with van der Waals surface area (Å²) in [5, 5.41) is 3.99. The minimum absolute atomic E-state index is 0.0475. The molecule has 5 nitrogen and oxygen atoms in total. The number of piperidine rings is 1. The average molecular weight is 330 g/mol. The highest BCUT2D eigenvalue weighted by Gasteiger charge is 2.18. The first-order valence-electron chi connectivity index (χ1n) is 8.08. The fourth-order valence-electron chi connectivity index (χ4n) is 2.80. The van der Waals surface area contributed by atoms with Crippen LogP contribution < -0.4 is 5.32 Å². The van der Waals surface area contributed by atoms with E-state index in [2.05, 4.69) is 20.2 Å². The number of carbonyl (C=O) groups excluding carboxylic acids is 1. The monoisotopic (exact) mass is 330 g/mol. The van der Waals surface area contributed by atoms with E-state index in [9.17, 15) is 4.79 Å². The lowest BCUT2D eigenvalue weighted by atomic mass is 10.1. The van der Waals surface area contributed by atoms with Gasteiger partial charge < -0.3 is 5.32 Å². The molecule has 0 unspecified atom stereocenters. The zero-order chi connectivity index (χ0) is 16.1. The molecule has 0 radical (unpaired) electrons. The molecule has 0 atom stereocenters. The van der Waals surface area contributed by atoms with Crippen molar-refractivity contribution in [3.05, 3.63) is 45.7 Å². The number of hydrogen-bond donors (Lipinski definition) is 1. The first-order chi connectivity index (χ1) is 11.2. The van der Waals surface area contributed by atoms with Crippen LogP contribution in [0.3, 0.4) is 0 Å². The summed E-state index contributed by atoms with van der Waals surface area (Å²) in [6.07, 6.45) is 7.36. The van der Waals surface area contributed by atoms with Gasteiger partial charge in [-0.15, -0.1) is 11.3 Å². The molecule has 6 heteroatoms. The summed E-state index contributed by atoms with van der Waals surface area (Å²) < 4.78 is 0. The Morgan fingerprint density at radius 2 is 2.17 bits per heavy atom. The number of nitrogens with zero attached hydrogens (tertiary/aromatic N) is 3. The molecule has 2 aromatic rings. The third kappa shape index (κ3) is 4.36. The van der Waals surface area contributed by atoms with Crippen molar-refractivity contribution < 1.29 is 4.79 Å². The van der Waals surface area contributed by atoms with Crippen LogP contribution in [0.5, 0.6) is 0 Å². The maximum absolute atomic E-state index is 12.4. The lowest BCUT2D eigenvalue weighted by Gasteiger charge is -2.25. The van der Waals surface area contributed by atoms with E-state index in [0.717, 1.165) is 40.8 Å². The van der Waals surface area contributed by atoms with Crippen molar-refractivity contribution in [2.24, 2.45) is 0 Å². The Labute approximate surface area is 140 Å². The molecule has 0 saturated carbocycles. The third-order valence-corrected chi connectivity index (χ3v) is 5.17. The smallest absolute Gasteiger partial charge is 0.263 e. The van der Waals surface area contributed by atoms with Crippen LogP contribution in [0.2, 0.25) is 0 Å². The second-order valence-corrected chi connectivity index (χ2v) is 6.99. The van der Waals surface area contributed by atoms with Crippen molar-refractivity contribution in [1.82, 2.24) is 20.2 Å². The van der Waals surface area contributed by atoms with Gasteiger partial charge in [0, 0.05) is 18.9 Å². The van der Waals surface area contributed by atoms with E-state index in [0.29, 0.717) is 6.54 Å². The molecular weight excluding hydrogens is 308 g/mol. The van der Waals surface area contributed by atoms with Gasteiger partial charge in [-0.2, -0.15) is 0 Å². The maximum atomic E-state index is 12.4. The summed E-state index contributed by atoms with van der Waals surface area (Å²) in [6.45, 7) is 5.55. The Hall–Kier alpha value is -1.79. The molecule has 1 saturated heterocycles. The normalized spacial score (nSPS) is 15.5. The van der Waals surface area contributed by atoms with Crippen LogP contribution >= 0.6 is 11.3 Å². The topological polar surface area (TPSA) is 58.1 Å². The number of thiazole rings is 1. The maximum Gasteiger partial charge on any atom is 0.263 e. The lowest BCUT2D eigenvalue weighted by molar-refractivity contribution is 0.0954. The largest absolute Gasteiger partial charge is 0.347 e. The van der Waals surface area contributed by atoms with Crippen LogP contribution in [0.4, 0.5) is 0 Å². The molecule has 0 aromatic carbocycles. The van der Waals surface area contributed by atoms with E-state index in [1.54, 1.807) is 12.4 Å². The second kappa shape index (κ2) is 7.66. The summed E-state index contributed by atoms with van der Waals surface area (Å²) in [5.41, 5.74) is 1.82. The highest BCUT2D eigenvalue weighted by Crippen LogP contribution is 2.21. The summed E-state index contributed by atoms with van der Waals surface area (Å²) in [4.78, 5) is 24.2. The van der Waals surface area contributed by atoms with Crippen molar-refractivity contribution in [3.8, 4) is 0 Å². The molecule has 0 bridgehead atoms. The standard InChI is InChI=1S/C17H22N4OS/c1-13-16(17(22)19-11-14-6-5-7-18-10-14)23-15(20-13)12-21-8-3-2-4-9-21/h5-7,10H,2-4,8-9,11-12H2,1H3,(H,19,22). The molecule has 1 fully saturated rings. The first-order valence-corrected chi connectivity index (χ1v) is 8.90. The van der Waals surface area contributed by atoms with Crippen LogP contribution in [0, 0.1) is 6.92 Å². The molecule has 0 aliphatic carbocycles. The van der Waals surface area contributed by atoms with Crippen molar-refractivity contribution >= 4 is 17.2 Å². The molecule has 23 heavy (non-hydrogen) atoms. The number of likely N-dealkylation sites (tertiary alicyclic amines) is 1.